The molecule has 37 heteroatoms. The second-order valence-electron chi connectivity index (χ2n) is 11.0. The van der Waals surface area contributed by atoms with Gasteiger partial charge in [0, 0.05) is 153 Å². The third-order valence-electron chi connectivity index (χ3n) is 7.17. The summed E-state index contributed by atoms with van der Waals surface area (Å²) in [6, 6.07) is 4.41. The fourth-order valence-electron chi connectivity index (χ4n) is 4.77. The fraction of sp³-hybridized carbons (Fsp3) is 0. The van der Waals surface area contributed by atoms with Gasteiger partial charge in [0.15, 0.2) is 11.6 Å². The zero-order valence-corrected chi connectivity index (χ0v) is 47.2. The van der Waals surface area contributed by atoms with E-state index in [0.717, 1.165) is 12.1 Å². The van der Waals surface area contributed by atoms with Gasteiger partial charge in [0.25, 0.3) is 50.6 Å². The van der Waals surface area contributed by atoms with E-state index in [9.17, 15) is 78.7 Å². The Hall–Kier alpha value is -0.480. The summed E-state index contributed by atoms with van der Waals surface area (Å²) in [5.41, 5.74) is 0.282. The molecule has 0 bridgehead atoms. The van der Waals surface area contributed by atoms with Gasteiger partial charge in [-0.3, -0.25) is 22.8 Å². The molecule has 0 atom stereocenters. The van der Waals surface area contributed by atoms with Crippen LogP contribution in [0.4, 0.5) is 48.7 Å². The second kappa shape index (κ2) is 23.2. The molecule has 9 N–H and O–H groups in total. The number of fused-ring (bicyclic) bond motifs is 1. The van der Waals surface area contributed by atoms with Crippen molar-refractivity contribution >= 4 is 261 Å². The maximum Gasteiger partial charge on any atom is 0.313 e. The fourth-order valence-corrected chi connectivity index (χ4v) is 7.94. The number of nitrogens with one attached hydrogen (secondary N) is 1. The number of aromatic hydroxyl groups is 1. The number of rotatable bonds is 11. The van der Waals surface area contributed by atoms with Gasteiger partial charge in [0.05, 0.1) is 16.0 Å². The van der Waals surface area contributed by atoms with Crippen LogP contribution in [0.15, 0.2) is 93.5 Å². The summed E-state index contributed by atoms with van der Waals surface area (Å²) in [6.07, 6.45) is -1.59. The molecule has 1 aromatic heterocycles. The SMILES string of the molecule is Nc1c(N=Nc2cc(Nc3nc(F)nc(F)c3Cl)ccc2S(=O)(=O)O)c(S(=O)(=O)O)cc2cc(S(=O)(=O)O)c(N=Nc3cc(S(=O)(=O)O)ccc3S(=O)(=O)O)c(O)c12.[Na].[Na].[Na].[Na].[Na]. The van der Waals surface area contributed by atoms with Crippen LogP contribution in [0.1, 0.15) is 0 Å². The summed E-state index contributed by atoms with van der Waals surface area (Å²) < 4.78 is 198. The third-order valence-corrected chi connectivity index (χ3v) is 11.9. The molecule has 0 unspecified atom stereocenters. The zero-order valence-electron chi connectivity index (χ0n) is 32.3. The Labute approximate surface area is 469 Å². The number of anilines is 3. The number of benzene rings is 4. The Morgan fingerprint density at radius 2 is 1.03 bits per heavy atom. The van der Waals surface area contributed by atoms with Crippen molar-refractivity contribution in [1.29, 1.82) is 0 Å². The number of phenolic OH excluding ortho intramolecular Hbond substituents is 1. The maximum absolute atomic E-state index is 13.9. The summed E-state index contributed by atoms with van der Waals surface area (Å²) in [7, 11) is -26.6. The molecule has 0 saturated heterocycles. The number of phenols is 1. The van der Waals surface area contributed by atoms with Gasteiger partial charge >= 0.3 is 6.08 Å². The smallest absolute Gasteiger partial charge is 0.313 e. The largest absolute Gasteiger partial charge is 0.505 e. The van der Waals surface area contributed by atoms with Crippen LogP contribution in [0.3, 0.4) is 0 Å². The molecule has 63 heavy (non-hydrogen) atoms. The van der Waals surface area contributed by atoms with E-state index in [1.807, 2.05) is 0 Å². The molecule has 0 fully saturated rings. The summed E-state index contributed by atoms with van der Waals surface area (Å²) in [4.78, 5) is 0.0105. The van der Waals surface area contributed by atoms with Crippen molar-refractivity contribution in [2.75, 3.05) is 11.1 Å². The van der Waals surface area contributed by atoms with Gasteiger partial charge in [-0.1, -0.05) is 11.6 Å². The van der Waals surface area contributed by atoms with Crippen LogP contribution in [0, 0.1) is 12.0 Å². The molecule has 313 valence electrons. The number of nitrogens with two attached hydrogens (primary N) is 1. The number of hydrogen-bond donors (Lipinski definition) is 8. The van der Waals surface area contributed by atoms with E-state index in [1.165, 1.54) is 0 Å². The summed E-state index contributed by atoms with van der Waals surface area (Å²) in [5, 5.41) is 25.0. The van der Waals surface area contributed by atoms with Gasteiger partial charge in [-0.05, 0) is 53.9 Å². The molecule has 1 heterocycles. The minimum Gasteiger partial charge on any atom is -0.505 e. The number of aromatic nitrogens is 2. The predicted octanol–water partition coefficient (Wildman–Crippen LogP) is 2.75. The molecular weight excluding hydrogens is 1030 g/mol. The standard InChI is InChI=1S/C26H17ClF2N8O16S5.5Na/c27-19-24(28)32-26(29)33-25(19)31-10-1-3-14(55(42,43)44)12(7-10)34-36-21-16(57(48,49)50)5-9-6-17(58(51,52)53)22(23(38)18(9)20(21)30)37-35-13-8-11(54(39,40)41)2-4-15(13)56(45,46)47;;;;;/h1-8,38H,30H2,(H,31,32,33)(H,39,40,41)(H,42,43,44)(H,45,46,47)(H,48,49,50)(H,51,52,53);;;;;. The number of nitrogen functional groups attached to an aromatic ring is 1. The van der Waals surface area contributed by atoms with E-state index < -0.39 is 143 Å². The molecular formula is C26H17ClF2N8Na5O16S5. The van der Waals surface area contributed by atoms with Crippen LogP contribution in [0.5, 0.6) is 5.75 Å². The quantitative estimate of drug-likeness (QED) is 0.0235. The van der Waals surface area contributed by atoms with E-state index in [2.05, 4.69) is 35.7 Å². The van der Waals surface area contributed by atoms with Crippen molar-refractivity contribution in [3.63, 3.8) is 0 Å². The molecule has 0 aliphatic rings. The first kappa shape index (κ1) is 62.5. The van der Waals surface area contributed by atoms with Crippen molar-refractivity contribution in [3.05, 3.63) is 65.6 Å². The summed E-state index contributed by atoms with van der Waals surface area (Å²) in [6.45, 7) is 0. The first-order valence-corrected chi connectivity index (χ1v) is 21.8. The van der Waals surface area contributed by atoms with E-state index in [0.29, 0.717) is 36.4 Å². The second-order valence-corrected chi connectivity index (χ2v) is 18.3. The average molecular weight is 1050 g/mol. The molecule has 5 rings (SSSR count). The maximum atomic E-state index is 13.9. The van der Waals surface area contributed by atoms with Gasteiger partial charge in [-0.15, -0.1) is 20.5 Å². The van der Waals surface area contributed by atoms with Crippen LogP contribution >= 0.6 is 11.6 Å². The van der Waals surface area contributed by atoms with Crippen molar-refractivity contribution in [3.8, 4) is 5.75 Å². The molecule has 0 spiro atoms. The zero-order chi connectivity index (χ0) is 43.5. The van der Waals surface area contributed by atoms with Crippen LogP contribution in [-0.4, -0.2) is 228 Å². The Morgan fingerprint density at radius 1 is 0.587 bits per heavy atom. The van der Waals surface area contributed by atoms with Gasteiger partial charge in [-0.25, -0.2) is 0 Å². The Morgan fingerprint density at radius 3 is 1.51 bits per heavy atom. The Bertz CT molecular complexity index is 3270. The predicted molar refractivity (Wildman–Crippen MR) is 219 cm³/mol. The van der Waals surface area contributed by atoms with Crippen molar-refractivity contribution in [2.45, 2.75) is 24.5 Å². The van der Waals surface area contributed by atoms with Gasteiger partial charge in [0.2, 0.25) is 5.95 Å². The van der Waals surface area contributed by atoms with E-state index in [1.54, 1.807) is 0 Å². The Kier molecular flexibility index (Phi) is 23.0. The molecule has 0 saturated carbocycles. The molecule has 5 aromatic rings. The van der Waals surface area contributed by atoms with Gasteiger partial charge in [-0.2, -0.15) is 60.8 Å². The van der Waals surface area contributed by atoms with Crippen LogP contribution < -0.4 is 11.1 Å². The number of hydrogen-bond acceptors (Lipinski definition) is 19. The van der Waals surface area contributed by atoms with E-state index in [4.69, 9.17) is 17.3 Å². The first-order chi connectivity index (χ1) is 26.5. The molecule has 5 radical (unpaired) electrons. The first-order valence-electron chi connectivity index (χ1n) is 14.2. The van der Waals surface area contributed by atoms with E-state index >= 15 is 0 Å². The summed E-state index contributed by atoms with van der Waals surface area (Å²) >= 11 is 5.74. The minimum atomic E-state index is -5.55. The van der Waals surface area contributed by atoms with Crippen molar-refractivity contribution < 1.29 is 78.7 Å². The topological polar surface area (TPSA) is 405 Å². The summed E-state index contributed by atoms with van der Waals surface area (Å²) in [5.74, 6) is -3.65. The monoisotopic (exact) mass is 1040 g/mol. The van der Waals surface area contributed by atoms with E-state index in [-0.39, 0.29) is 153 Å². The molecule has 0 amide bonds. The Balaban J connectivity index is 0.00000769. The van der Waals surface area contributed by atoms with Gasteiger partial charge < -0.3 is 16.2 Å². The molecule has 4 aromatic carbocycles. The van der Waals surface area contributed by atoms with Crippen molar-refractivity contribution in [2.24, 2.45) is 20.5 Å². The normalized spacial score (nSPS) is 12.1. The number of nitrogens with zero attached hydrogens (tertiary/aromatic N) is 6. The molecule has 24 nitrogen and oxygen atoms in total. The average Bonchev–Trinajstić information content (AvgIpc) is 3.07. The molecule has 0 aliphatic heterocycles. The minimum absolute atomic E-state index is 0. The van der Waals surface area contributed by atoms with Crippen LogP contribution in [-0.2, 0) is 50.6 Å². The van der Waals surface area contributed by atoms with Crippen LogP contribution in [0.2, 0.25) is 5.02 Å². The molecule has 0 aliphatic carbocycles. The van der Waals surface area contributed by atoms with Gasteiger partial charge in [0.1, 0.15) is 47.4 Å². The number of halogens is 3. The van der Waals surface area contributed by atoms with Crippen molar-refractivity contribution in [1.82, 2.24) is 9.97 Å². The number of azo groups is 2. The van der Waals surface area contributed by atoms with Crippen LogP contribution in [0.25, 0.3) is 10.8 Å². The third kappa shape index (κ3) is 14.8.